The summed E-state index contributed by atoms with van der Waals surface area (Å²) >= 11 is 0. The molecular weight excluding hydrogens is 965 g/mol. The first-order valence-electron chi connectivity index (χ1n) is 29.7. The van der Waals surface area contributed by atoms with Gasteiger partial charge in [0.25, 0.3) is 0 Å². The lowest BCUT2D eigenvalue weighted by atomic mass is 10.0. The first-order valence-corrected chi connectivity index (χ1v) is 29.7. The van der Waals surface area contributed by atoms with Gasteiger partial charge >= 0.3 is 0 Å². The molecule has 0 N–H and O–H groups in total. The third kappa shape index (κ3) is 18.2. The van der Waals surface area contributed by atoms with Gasteiger partial charge in [-0.25, -0.2) is 9.97 Å². The number of ether oxygens (including phenoxy) is 4. The molecule has 0 amide bonds. The highest BCUT2D eigenvalue weighted by atomic mass is 16.5. The average molecular weight is 1050 g/mol. The summed E-state index contributed by atoms with van der Waals surface area (Å²) in [6.45, 7) is 21.1. The fraction of sp³-hybridized carbons (Fsp3) is 0.471. The smallest absolute Gasteiger partial charge is 0.182 e. The highest BCUT2D eigenvalue weighted by molar-refractivity contribution is 5.81. The van der Waals surface area contributed by atoms with Crippen molar-refractivity contribution in [3.63, 3.8) is 0 Å². The summed E-state index contributed by atoms with van der Waals surface area (Å²) in [6, 6.07) is 40.6. The molecule has 0 fully saturated rings. The Kier molecular flexibility index (Phi) is 23.9. The maximum Gasteiger partial charge on any atom is 0.182 e. The number of benzene rings is 5. The summed E-state index contributed by atoms with van der Waals surface area (Å²) in [7, 11) is 0. The van der Waals surface area contributed by atoms with Gasteiger partial charge in [-0.15, -0.1) is 20.4 Å². The van der Waals surface area contributed by atoms with E-state index in [-0.39, 0.29) is 0 Å². The summed E-state index contributed by atoms with van der Waals surface area (Å²) in [5, 5.41) is 19.2. The van der Waals surface area contributed by atoms with E-state index in [1.165, 1.54) is 77.0 Å². The number of aromatic nitrogens is 6. The van der Waals surface area contributed by atoms with Crippen LogP contribution in [0.15, 0.2) is 121 Å². The first-order chi connectivity index (χ1) is 38.1. The second-order valence-electron chi connectivity index (χ2n) is 21.9. The van der Waals surface area contributed by atoms with Gasteiger partial charge in [0.15, 0.2) is 11.6 Å². The van der Waals surface area contributed by atoms with Gasteiger partial charge in [0.2, 0.25) is 0 Å². The molecule has 10 nitrogen and oxygen atoms in total. The number of hydrogen-bond acceptors (Lipinski definition) is 10. The van der Waals surface area contributed by atoms with Crippen LogP contribution in [0.5, 0.6) is 23.0 Å². The van der Waals surface area contributed by atoms with Gasteiger partial charge in [0.05, 0.1) is 26.4 Å². The van der Waals surface area contributed by atoms with Gasteiger partial charge < -0.3 is 18.9 Å². The van der Waals surface area contributed by atoms with Crippen molar-refractivity contribution in [1.82, 2.24) is 30.4 Å². The molecule has 2 heterocycles. The largest absolute Gasteiger partial charge is 0.494 e. The normalized spacial score (nSPS) is 12.9. The van der Waals surface area contributed by atoms with Crippen LogP contribution in [-0.2, 0) is 0 Å². The number of nitrogens with zero attached hydrogens (tertiary/aromatic N) is 6. The average Bonchev–Trinajstić information content (AvgIpc) is 3.46. The van der Waals surface area contributed by atoms with E-state index in [4.69, 9.17) is 49.3 Å². The lowest BCUT2D eigenvalue weighted by molar-refractivity contribution is 0.292. The molecule has 4 unspecified atom stereocenters. The summed E-state index contributed by atoms with van der Waals surface area (Å²) in [6.07, 6.45) is 18.7. The van der Waals surface area contributed by atoms with Gasteiger partial charge in [-0.1, -0.05) is 131 Å². The van der Waals surface area contributed by atoms with Crippen LogP contribution in [0.1, 0.15) is 158 Å². The minimum absolute atomic E-state index is 0.505. The minimum atomic E-state index is 0.505. The Balaban J connectivity index is 1.13. The van der Waals surface area contributed by atoms with Gasteiger partial charge in [0.1, 0.15) is 45.8 Å². The Morgan fingerprint density at radius 3 is 0.756 bits per heavy atom. The van der Waals surface area contributed by atoms with Gasteiger partial charge in [-0.05, 0) is 172 Å². The maximum absolute atomic E-state index is 6.20. The molecule has 0 radical (unpaired) electrons. The molecule has 2 aromatic heterocycles. The first kappa shape index (κ1) is 59.0. The molecule has 7 aromatic rings. The Bertz CT molecular complexity index is 2610. The SMILES string of the molecule is CCCC(C)CCCOc1ccc(-c2nnc(-c3ccc(-c4nnc(-c5ccc(OCCCC(C)CCC)cc5)c(-c5ccc(OCCCC(C)CCC)cc5)n4)cc3)nc2-c2ccc(OCCCC(C)CCC)cc2)cc1. The fourth-order valence-corrected chi connectivity index (χ4v) is 10.3. The molecule has 0 spiro atoms. The Hall–Kier alpha value is -6.68. The van der Waals surface area contributed by atoms with Crippen molar-refractivity contribution in [3.8, 4) is 90.8 Å². The van der Waals surface area contributed by atoms with Gasteiger partial charge in [0, 0.05) is 33.4 Å². The van der Waals surface area contributed by atoms with Crippen LogP contribution >= 0.6 is 0 Å². The van der Waals surface area contributed by atoms with E-state index in [1.54, 1.807) is 0 Å². The second kappa shape index (κ2) is 31.7. The van der Waals surface area contributed by atoms with Crippen molar-refractivity contribution in [2.24, 2.45) is 23.7 Å². The number of hydrogen-bond donors (Lipinski definition) is 0. The summed E-state index contributed by atoms with van der Waals surface area (Å²) < 4.78 is 24.7. The zero-order valence-corrected chi connectivity index (χ0v) is 48.3. The van der Waals surface area contributed by atoms with E-state index in [0.29, 0.717) is 73.1 Å². The van der Waals surface area contributed by atoms with Crippen LogP contribution in [0.2, 0.25) is 0 Å². The quantitative estimate of drug-likeness (QED) is 0.0361. The lowest BCUT2D eigenvalue weighted by Gasteiger charge is -2.13. The molecule has 0 aliphatic heterocycles. The molecule has 0 bridgehead atoms. The van der Waals surface area contributed by atoms with Crippen molar-refractivity contribution in [1.29, 1.82) is 0 Å². The molecule has 10 heteroatoms. The Morgan fingerprint density at radius 1 is 0.282 bits per heavy atom. The highest BCUT2D eigenvalue weighted by Gasteiger charge is 2.19. The Morgan fingerprint density at radius 2 is 0.513 bits per heavy atom. The summed E-state index contributed by atoms with van der Waals surface area (Å²) in [4.78, 5) is 10.4. The van der Waals surface area contributed by atoms with Crippen LogP contribution < -0.4 is 18.9 Å². The van der Waals surface area contributed by atoms with E-state index in [1.807, 2.05) is 97.1 Å². The van der Waals surface area contributed by atoms with E-state index in [2.05, 4.69) is 79.7 Å². The molecule has 0 saturated heterocycles. The van der Waals surface area contributed by atoms with E-state index in [0.717, 1.165) is 93.4 Å². The molecule has 0 aliphatic rings. The van der Waals surface area contributed by atoms with Crippen LogP contribution in [-0.4, -0.2) is 56.8 Å². The van der Waals surface area contributed by atoms with Crippen molar-refractivity contribution in [2.75, 3.05) is 26.4 Å². The minimum Gasteiger partial charge on any atom is -0.494 e. The van der Waals surface area contributed by atoms with Crippen molar-refractivity contribution < 1.29 is 18.9 Å². The molecule has 5 aromatic carbocycles. The standard InChI is InChI=1S/C68H88N6O4/c1-9-17-49(5)21-13-45-75-59-37-29-53(30-38-59)63-65(55-33-41-61(42-34-55)77-47-15-23-51(7)19-11-3)71-73-67(69-63)57-25-27-58(28-26-57)68-70-64(54-31-39-60(40-32-54)76-46-14-22-50(6)18-10-2)66(72-74-68)56-35-43-62(44-36-56)78-48-16-24-52(8)20-12-4/h25-44,49-52H,9-24,45-48H2,1-8H3. The number of rotatable bonds is 34. The molecule has 7 rings (SSSR count). The monoisotopic (exact) mass is 1050 g/mol. The summed E-state index contributed by atoms with van der Waals surface area (Å²) in [5.41, 5.74) is 8.10. The molecule has 414 valence electrons. The van der Waals surface area contributed by atoms with Crippen LogP contribution in [0.25, 0.3) is 67.8 Å². The molecular formula is C68H88N6O4. The third-order valence-electron chi connectivity index (χ3n) is 14.9. The van der Waals surface area contributed by atoms with Crippen molar-refractivity contribution in [3.05, 3.63) is 121 Å². The van der Waals surface area contributed by atoms with Crippen molar-refractivity contribution >= 4 is 0 Å². The van der Waals surface area contributed by atoms with E-state index in [9.17, 15) is 0 Å². The predicted octanol–water partition coefficient (Wildman–Crippen LogP) is 18.4. The maximum atomic E-state index is 6.20. The third-order valence-corrected chi connectivity index (χ3v) is 14.9. The Labute approximate surface area is 467 Å². The van der Waals surface area contributed by atoms with E-state index >= 15 is 0 Å². The van der Waals surface area contributed by atoms with Crippen LogP contribution in [0.3, 0.4) is 0 Å². The zero-order chi connectivity index (χ0) is 54.9. The topological polar surface area (TPSA) is 114 Å². The van der Waals surface area contributed by atoms with Crippen molar-refractivity contribution in [2.45, 2.75) is 158 Å². The molecule has 0 aliphatic carbocycles. The highest BCUT2D eigenvalue weighted by Crippen LogP contribution is 2.35. The second-order valence-corrected chi connectivity index (χ2v) is 21.9. The molecule has 78 heavy (non-hydrogen) atoms. The predicted molar refractivity (Wildman–Crippen MR) is 321 cm³/mol. The van der Waals surface area contributed by atoms with Gasteiger partial charge in [-0.2, -0.15) is 0 Å². The fourth-order valence-electron chi connectivity index (χ4n) is 10.3. The molecule has 0 saturated carbocycles. The lowest BCUT2D eigenvalue weighted by Crippen LogP contribution is -2.03. The van der Waals surface area contributed by atoms with E-state index < -0.39 is 0 Å². The zero-order valence-electron chi connectivity index (χ0n) is 48.3. The van der Waals surface area contributed by atoms with Crippen LogP contribution in [0, 0.1) is 23.7 Å². The van der Waals surface area contributed by atoms with Crippen LogP contribution in [0.4, 0.5) is 0 Å². The molecule has 4 atom stereocenters. The van der Waals surface area contributed by atoms with Gasteiger partial charge in [-0.3, -0.25) is 0 Å². The summed E-state index contributed by atoms with van der Waals surface area (Å²) in [5.74, 6) is 7.22.